The quantitative estimate of drug-likeness (QED) is 0.558. The van der Waals surface area contributed by atoms with Crippen LogP contribution in [-0.4, -0.2) is 37.2 Å². The van der Waals surface area contributed by atoms with Crippen LogP contribution in [0.4, 0.5) is 5.69 Å². The van der Waals surface area contributed by atoms with E-state index in [1.165, 1.54) is 4.40 Å². The summed E-state index contributed by atoms with van der Waals surface area (Å²) in [5.74, 6) is 0.711. The Bertz CT molecular complexity index is 1250. The minimum Gasteiger partial charge on any atom is -0.497 e. The second-order valence-corrected chi connectivity index (χ2v) is 6.32. The number of amides is 1. The van der Waals surface area contributed by atoms with Gasteiger partial charge in [-0.2, -0.15) is 0 Å². The summed E-state index contributed by atoms with van der Waals surface area (Å²) in [6, 6.07) is 14.1. The maximum atomic E-state index is 12.7. The smallest absolute Gasteiger partial charge is 0.352 e. The number of hydrogen-bond acceptors (Lipinski definition) is 6. The van der Waals surface area contributed by atoms with E-state index < -0.39 is 5.69 Å². The number of aryl methyl sites for hydroxylation is 1. The lowest BCUT2D eigenvalue weighted by Crippen LogP contribution is -2.28. The van der Waals surface area contributed by atoms with Crippen molar-refractivity contribution in [3.63, 3.8) is 0 Å². The van der Waals surface area contributed by atoms with Crippen molar-refractivity contribution in [1.82, 2.24) is 24.1 Å². The Kier molecular flexibility index (Phi) is 4.78. The maximum Gasteiger partial charge on any atom is 0.352 e. The van der Waals surface area contributed by atoms with Crippen LogP contribution < -0.4 is 15.7 Å². The topological polar surface area (TPSA) is 103 Å². The van der Waals surface area contributed by atoms with Gasteiger partial charge in [0.2, 0.25) is 5.91 Å². The zero-order valence-electron chi connectivity index (χ0n) is 15.9. The average Bonchev–Trinajstić information content (AvgIpc) is 3.04. The van der Waals surface area contributed by atoms with Gasteiger partial charge in [-0.05, 0) is 31.2 Å². The van der Waals surface area contributed by atoms with Crippen molar-refractivity contribution in [2.75, 3.05) is 12.4 Å². The van der Waals surface area contributed by atoms with E-state index in [1.54, 1.807) is 50.6 Å². The molecule has 0 fully saturated rings. The van der Waals surface area contributed by atoms with Crippen molar-refractivity contribution < 1.29 is 9.53 Å². The summed E-state index contributed by atoms with van der Waals surface area (Å²) < 4.78 is 7.62. The van der Waals surface area contributed by atoms with Crippen LogP contribution in [-0.2, 0) is 11.3 Å². The Labute approximate surface area is 165 Å². The molecule has 0 saturated heterocycles. The lowest BCUT2D eigenvalue weighted by Gasteiger charge is -2.06. The highest BCUT2D eigenvalue weighted by atomic mass is 16.5. The molecule has 1 aromatic carbocycles. The number of carbonyl (C=O) groups excluding carboxylic acids is 1. The Balaban J connectivity index is 1.62. The van der Waals surface area contributed by atoms with E-state index in [1.807, 2.05) is 18.2 Å². The molecule has 4 aromatic rings. The Hall–Kier alpha value is -4.01. The Morgan fingerprint density at radius 1 is 1.14 bits per heavy atom. The molecule has 3 heterocycles. The molecule has 29 heavy (non-hydrogen) atoms. The number of pyridine rings is 1. The highest BCUT2D eigenvalue weighted by Gasteiger charge is 2.15. The predicted octanol–water partition coefficient (Wildman–Crippen LogP) is 1.91. The Morgan fingerprint density at radius 3 is 2.76 bits per heavy atom. The molecule has 9 nitrogen and oxygen atoms in total. The van der Waals surface area contributed by atoms with Crippen LogP contribution in [0.25, 0.3) is 17.0 Å². The van der Waals surface area contributed by atoms with Crippen LogP contribution in [0.15, 0.2) is 59.5 Å². The van der Waals surface area contributed by atoms with Gasteiger partial charge in [-0.1, -0.05) is 12.1 Å². The van der Waals surface area contributed by atoms with Crippen LogP contribution in [0.1, 0.15) is 5.82 Å². The van der Waals surface area contributed by atoms with Crippen molar-refractivity contribution >= 4 is 17.2 Å². The number of nitrogens with zero attached hydrogens (tertiary/aromatic N) is 5. The van der Waals surface area contributed by atoms with Crippen LogP contribution in [0.3, 0.4) is 0 Å². The molecule has 4 rings (SSSR count). The summed E-state index contributed by atoms with van der Waals surface area (Å²) in [6.45, 7) is 1.49. The number of carbonyl (C=O) groups is 1. The summed E-state index contributed by atoms with van der Waals surface area (Å²) in [5, 5.41) is 7.02. The number of fused-ring (bicyclic) bond motifs is 1. The van der Waals surface area contributed by atoms with Crippen molar-refractivity contribution in [1.29, 1.82) is 0 Å². The standard InChI is InChI=1S/C20H18N6O3/c1-13-22-17(16-8-3-4-9-21-16)11-18-24-25(20(28)26(13)18)12-19(27)23-14-6-5-7-15(10-14)29-2/h3-11H,12H2,1-2H3,(H,23,27). The van der Waals surface area contributed by atoms with E-state index >= 15 is 0 Å². The van der Waals surface area contributed by atoms with Gasteiger partial charge >= 0.3 is 5.69 Å². The zero-order valence-corrected chi connectivity index (χ0v) is 15.9. The SMILES string of the molecule is COc1cccc(NC(=O)Cn2nc3cc(-c4ccccn4)nc(C)n3c2=O)c1. The summed E-state index contributed by atoms with van der Waals surface area (Å²) >= 11 is 0. The van der Waals surface area contributed by atoms with Crippen molar-refractivity contribution in [2.24, 2.45) is 0 Å². The molecule has 0 spiro atoms. The number of nitrogens with one attached hydrogen (secondary N) is 1. The Morgan fingerprint density at radius 2 is 2.00 bits per heavy atom. The van der Waals surface area contributed by atoms with Crippen LogP contribution in [0, 0.1) is 6.92 Å². The van der Waals surface area contributed by atoms with Crippen molar-refractivity contribution in [2.45, 2.75) is 13.5 Å². The highest BCUT2D eigenvalue weighted by molar-refractivity contribution is 5.90. The van der Waals surface area contributed by atoms with E-state index in [4.69, 9.17) is 4.74 Å². The first-order valence-electron chi connectivity index (χ1n) is 8.87. The number of hydrogen-bond donors (Lipinski definition) is 1. The number of rotatable bonds is 5. The molecule has 0 radical (unpaired) electrons. The monoisotopic (exact) mass is 390 g/mol. The fourth-order valence-corrected chi connectivity index (χ4v) is 2.99. The molecular formula is C20H18N6O3. The van der Waals surface area contributed by atoms with Gasteiger partial charge in [0.25, 0.3) is 0 Å². The third-order valence-corrected chi connectivity index (χ3v) is 4.31. The van der Waals surface area contributed by atoms with Crippen molar-refractivity contribution in [3.8, 4) is 17.1 Å². The molecular weight excluding hydrogens is 372 g/mol. The lowest BCUT2D eigenvalue weighted by molar-refractivity contribution is -0.117. The predicted molar refractivity (Wildman–Crippen MR) is 107 cm³/mol. The lowest BCUT2D eigenvalue weighted by atomic mass is 10.2. The summed E-state index contributed by atoms with van der Waals surface area (Å²) in [5.41, 5.74) is 1.82. The summed E-state index contributed by atoms with van der Waals surface area (Å²) in [6.07, 6.45) is 1.67. The van der Waals surface area contributed by atoms with Crippen LogP contribution >= 0.6 is 0 Å². The van der Waals surface area contributed by atoms with Gasteiger partial charge in [-0.25, -0.2) is 18.9 Å². The fraction of sp³-hybridized carbons (Fsp3) is 0.150. The summed E-state index contributed by atoms with van der Waals surface area (Å²) in [4.78, 5) is 33.8. The first kappa shape index (κ1) is 18.4. The van der Waals surface area contributed by atoms with Gasteiger partial charge in [0.1, 0.15) is 18.1 Å². The number of aromatic nitrogens is 5. The van der Waals surface area contributed by atoms with Gasteiger partial charge in [-0.3, -0.25) is 9.78 Å². The van der Waals surface area contributed by atoms with Crippen molar-refractivity contribution in [3.05, 3.63) is 71.0 Å². The molecule has 9 heteroatoms. The van der Waals surface area contributed by atoms with Gasteiger partial charge in [0.15, 0.2) is 5.65 Å². The largest absolute Gasteiger partial charge is 0.497 e. The normalized spacial score (nSPS) is 10.8. The van der Waals surface area contributed by atoms with Gasteiger partial charge in [-0.15, -0.1) is 5.10 Å². The third kappa shape index (κ3) is 3.70. The molecule has 1 N–H and O–H groups in total. The van der Waals surface area contributed by atoms with Gasteiger partial charge in [0.05, 0.1) is 18.5 Å². The highest BCUT2D eigenvalue weighted by Crippen LogP contribution is 2.17. The molecule has 0 aliphatic carbocycles. The van der Waals surface area contributed by atoms with E-state index in [9.17, 15) is 9.59 Å². The molecule has 0 bridgehead atoms. The zero-order chi connectivity index (χ0) is 20.4. The summed E-state index contributed by atoms with van der Waals surface area (Å²) in [7, 11) is 1.55. The number of benzene rings is 1. The van der Waals surface area contributed by atoms with E-state index in [0.29, 0.717) is 34.3 Å². The van der Waals surface area contributed by atoms with Crippen LogP contribution in [0.5, 0.6) is 5.75 Å². The second-order valence-electron chi connectivity index (χ2n) is 6.32. The van der Waals surface area contributed by atoms with Gasteiger partial charge < -0.3 is 10.1 Å². The van der Waals surface area contributed by atoms with E-state index in [0.717, 1.165) is 4.68 Å². The third-order valence-electron chi connectivity index (χ3n) is 4.31. The fourth-order valence-electron chi connectivity index (χ4n) is 2.99. The first-order chi connectivity index (χ1) is 14.0. The van der Waals surface area contributed by atoms with E-state index in [2.05, 4.69) is 20.4 Å². The maximum absolute atomic E-state index is 12.7. The molecule has 3 aromatic heterocycles. The second kappa shape index (κ2) is 7.55. The number of anilines is 1. The van der Waals surface area contributed by atoms with Gasteiger partial charge in [0, 0.05) is 24.0 Å². The van der Waals surface area contributed by atoms with E-state index in [-0.39, 0.29) is 12.5 Å². The molecule has 0 atom stereocenters. The average molecular weight is 390 g/mol. The molecule has 146 valence electrons. The minimum absolute atomic E-state index is 0.226. The molecule has 1 amide bonds. The first-order valence-corrected chi connectivity index (χ1v) is 8.87. The van der Waals surface area contributed by atoms with Crippen LogP contribution in [0.2, 0.25) is 0 Å². The number of ether oxygens (including phenoxy) is 1. The molecule has 0 saturated carbocycles. The molecule has 0 unspecified atom stereocenters. The number of methoxy groups -OCH3 is 1. The molecule has 0 aliphatic rings. The minimum atomic E-state index is -0.432. The molecule has 0 aliphatic heterocycles.